The van der Waals surface area contributed by atoms with Crippen molar-refractivity contribution in [3.05, 3.63) is 52.7 Å². The Kier molecular flexibility index (Phi) is 4.74. The van der Waals surface area contributed by atoms with Crippen molar-refractivity contribution in [1.29, 1.82) is 0 Å². The van der Waals surface area contributed by atoms with E-state index in [1.54, 1.807) is 0 Å². The maximum atomic E-state index is 5.95. The Morgan fingerprint density at radius 3 is 2.65 bits per heavy atom. The average Bonchev–Trinajstić information content (AvgIpc) is 2.43. The Labute approximate surface area is 120 Å². The largest absolute Gasteiger partial charge is 0.439 e. The highest BCUT2D eigenvalue weighted by Crippen LogP contribution is 2.26. The van der Waals surface area contributed by atoms with Crippen LogP contribution in [0.2, 0.25) is 0 Å². The zero-order valence-corrected chi connectivity index (χ0v) is 12.4. The molecule has 0 spiro atoms. The summed E-state index contributed by atoms with van der Waals surface area (Å²) in [6.45, 7) is 6.73. The number of rotatable bonds is 5. The molecular formula is C17H22N2O. The smallest absolute Gasteiger partial charge is 0.219 e. The van der Waals surface area contributed by atoms with Crippen molar-refractivity contribution < 1.29 is 4.74 Å². The topological polar surface area (TPSA) is 48.1 Å². The number of aryl methyl sites for hydroxylation is 3. The maximum Gasteiger partial charge on any atom is 0.219 e. The second kappa shape index (κ2) is 6.53. The van der Waals surface area contributed by atoms with Crippen LogP contribution in [0, 0.1) is 13.8 Å². The third kappa shape index (κ3) is 3.58. The zero-order chi connectivity index (χ0) is 14.5. The summed E-state index contributed by atoms with van der Waals surface area (Å²) in [5.74, 6) is 1.49. The highest BCUT2D eigenvalue weighted by Gasteiger charge is 2.06. The second-order valence-electron chi connectivity index (χ2n) is 5.13. The van der Waals surface area contributed by atoms with E-state index in [1.807, 2.05) is 19.1 Å². The lowest BCUT2D eigenvalue weighted by atomic mass is 10.1. The van der Waals surface area contributed by atoms with E-state index < -0.39 is 0 Å². The Morgan fingerprint density at radius 1 is 1.15 bits per heavy atom. The normalized spacial score (nSPS) is 10.6. The predicted octanol–water partition coefficient (Wildman–Crippen LogP) is 3.90. The highest BCUT2D eigenvalue weighted by atomic mass is 16.5. The molecule has 0 saturated heterocycles. The minimum absolute atomic E-state index is 0.502. The first-order valence-electron chi connectivity index (χ1n) is 7.07. The van der Waals surface area contributed by atoms with Crippen LogP contribution in [-0.4, -0.2) is 4.98 Å². The molecule has 0 amide bonds. The molecule has 0 aliphatic heterocycles. The predicted molar refractivity (Wildman–Crippen MR) is 82.1 cm³/mol. The van der Waals surface area contributed by atoms with Gasteiger partial charge in [-0.05, 0) is 49.1 Å². The third-order valence-corrected chi connectivity index (χ3v) is 3.21. The Morgan fingerprint density at radius 2 is 1.95 bits per heavy atom. The molecule has 0 aliphatic rings. The molecule has 0 saturated carbocycles. The quantitative estimate of drug-likeness (QED) is 0.896. The van der Waals surface area contributed by atoms with Crippen molar-refractivity contribution in [3.63, 3.8) is 0 Å². The van der Waals surface area contributed by atoms with Crippen LogP contribution < -0.4 is 10.5 Å². The second-order valence-corrected chi connectivity index (χ2v) is 5.13. The van der Waals surface area contributed by atoms with Crippen LogP contribution in [0.5, 0.6) is 11.6 Å². The van der Waals surface area contributed by atoms with Crippen LogP contribution in [0.25, 0.3) is 0 Å². The van der Waals surface area contributed by atoms with Crippen molar-refractivity contribution in [3.8, 4) is 11.6 Å². The molecule has 106 valence electrons. The molecule has 0 unspecified atom stereocenters. The van der Waals surface area contributed by atoms with Crippen LogP contribution in [0.4, 0.5) is 0 Å². The van der Waals surface area contributed by atoms with Gasteiger partial charge in [-0.2, -0.15) is 0 Å². The van der Waals surface area contributed by atoms with Gasteiger partial charge < -0.3 is 10.5 Å². The SMILES string of the molecule is CCCc1cc(CN)cc(Oc2cc(C)ccc2C)n1. The summed E-state index contributed by atoms with van der Waals surface area (Å²) >= 11 is 0. The van der Waals surface area contributed by atoms with Gasteiger partial charge in [-0.1, -0.05) is 25.5 Å². The standard InChI is InChI=1S/C17H22N2O/c1-4-5-15-9-14(11-18)10-17(19-15)20-16-8-12(2)6-7-13(16)3/h6-10H,4-5,11,18H2,1-3H3. The van der Waals surface area contributed by atoms with Gasteiger partial charge in [0, 0.05) is 18.3 Å². The molecule has 2 aromatic rings. The Bertz CT molecular complexity index is 594. The maximum absolute atomic E-state index is 5.95. The first-order chi connectivity index (χ1) is 9.62. The number of benzene rings is 1. The van der Waals surface area contributed by atoms with Gasteiger partial charge in [-0.25, -0.2) is 4.98 Å². The molecule has 0 bridgehead atoms. The highest BCUT2D eigenvalue weighted by molar-refractivity contribution is 5.39. The van der Waals surface area contributed by atoms with E-state index in [0.29, 0.717) is 12.4 Å². The van der Waals surface area contributed by atoms with Crippen LogP contribution in [0.3, 0.4) is 0 Å². The van der Waals surface area contributed by atoms with Gasteiger partial charge in [0.2, 0.25) is 5.88 Å². The summed E-state index contributed by atoms with van der Waals surface area (Å²) < 4.78 is 5.95. The van der Waals surface area contributed by atoms with Gasteiger partial charge in [0.05, 0.1) is 0 Å². The van der Waals surface area contributed by atoms with Crippen molar-refractivity contribution in [2.75, 3.05) is 0 Å². The summed E-state index contributed by atoms with van der Waals surface area (Å²) in [5, 5.41) is 0. The van der Waals surface area contributed by atoms with Gasteiger partial charge in [0.25, 0.3) is 0 Å². The van der Waals surface area contributed by atoms with Crippen molar-refractivity contribution in [2.24, 2.45) is 5.73 Å². The Hall–Kier alpha value is -1.87. The van der Waals surface area contributed by atoms with Crippen molar-refractivity contribution in [1.82, 2.24) is 4.98 Å². The van der Waals surface area contributed by atoms with E-state index >= 15 is 0 Å². The van der Waals surface area contributed by atoms with E-state index in [-0.39, 0.29) is 0 Å². The molecule has 2 rings (SSSR count). The van der Waals surface area contributed by atoms with Gasteiger partial charge >= 0.3 is 0 Å². The molecule has 3 heteroatoms. The van der Waals surface area contributed by atoms with E-state index in [1.165, 1.54) is 5.56 Å². The number of nitrogens with zero attached hydrogens (tertiary/aromatic N) is 1. The molecule has 2 N–H and O–H groups in total. The first kappa shape index (κ1) is 14.5. The van der Waals surface area contributed by atoms with Gasteiger partial charge in [0.15, 0.2) is 0 Å². The van der Waals surface area contributed by atoms with E-state index in [4.69, 9.17) is 10.5 Å². The minimum atomic E-state index is 0.502. The third-order valence-electron chi connectivity index (χ3n) is 3.21. The number of aromatic nitrogens is 1. The lowest BCUT2D eigenvalue weighted by Gasteiger charge is -2.11. The van der Waals surface area contributed by atoms with E-state index in [2.05, 4.69) is 37.0 Å². The van der Waals surface area contributed by atoms with Crippen molar-refractivity contribution in [2.45, 2.75) is 40.2 Å². The fraction of sp³-hybridized carbons (Fsp3) is 0.353. The summed E-state index contributed by atoms with van der Waals surface area (Å²) in [6, 6.07) is 10.1. The molecule has 1 aromatic carbocycles. The molecule has 0 atom stereocenters. The van der Waals surface area contributed by atoms with E-state index in [9.17, 15) is 0 Å². The van der Waals surface area contributed by atoms with Crippen LogP contribution in [0.15, 0.2) is 30.3 Å². The number of nitrogens with two attached hydrogens (primary N) is 1. The fourth-order valence-electron chi connectivity index (χ4n) is 2.10. The summed E-state index contributed by atoms with van der Waals surface area (Å²) in [5.41, 5.74) is 10.1. The number of hydrogen-bond acceptors (Lipinski definition) is 3. The van der Waals surface area contributed by atoms with Crippen molar-refractivity contribution >= 4 is 0 Å². The number of hydrogen-bond donors (Lipinski definition) is 1. The fourth-order valence-corrected chi connectivity index (χ4v) is 2.10. The van der Waals surface area contributed by atoms with Crippen LogP contribution in [0.1, 0.15) is 35.7 Å². The number of pyridine rings is 1. The summed E-state index contributed by atoms with van der Waals surface area (Å²) in [6.07, 6.45) is 2.00. The number of ether oxygens (including phenoxy) is 1. The lowest BCUT2D eigenvalue weighted by Crippen LogP contribution is -2.01. The molecule has 0 radical (unpaired) electrons. The van der Waals surface area contributed by atoms with Gasteiger partial charge in [-0.15, -0.1) is 0 Å². The molecule has 0 aliphatic carbocycles. The van der Waals surface area contributed by atoms with Crippen LogP contribution in [-0.2, 0) is 13.0 Å². The molecule has 1 aromatic heterocycles. The van der Waals surface area contributed by atoms with Crippen LogP contribution >= 0.6 is 0 Å². The zero-order valence-electron chi connectivity index (χ0n) is 12.4. The molecule has 3 nitrogen and oxygen atoms in total. The molecule has 20 heavy (non-hydrogen) atoms. The monoisotopic (exact) mass is 270 g/mol. The van der Waals surface area contributed by atoms with Gasteiger partial charge in [-0.3, -0.25) is 0 Å². The summed E-state index contributed by atoms with van der Waals surface area (Å²) in [7, 11) is 0. The summed E-state index contributed by atoms with van der Waals surface area (Å²) in [4.78, 5) is 4.56. The molecular weight excluding hydrogens is 248 g/mol. The van der Waals surface area contributed by atoms with E-state index in [0.717, 1.165) is 35.4 Å². The molecule has 0 fully saturated rings. The van der Waals surface area contributed by atoms with Gasteiger partial charge in [0.1, 0.15) is 5.75 Å². The first-order valence-corrected chi connectivity index (χ1v) is 7.07. The Balaban J connectivity index is 2.32. The average molecular weight is 270 g/mol. The minimum Gasteiger partial charge on any atom is -0.439 e. The molecule has 1 heterocycles. The lowest BCUT2D eigenvalue weighted by molar-refractivity contribution is 0.456.